The Hall–Kier alpha value is -1.50. The fourth-order valence-corrected chi connectivity index (χ4v) is 2.22. The van der Waals surface area contributed by atoms with Crippen molar-refractivity contribution in [3.05, 3.63) is 35.2 Å². The summed E-state index contributed by atoms with van der Waals surface area (Å²) in [5.74, 6) is 0.961. The summed E-state index contributed by atoms with van der Waals surface area (Å²) in [4.78, 5) is 11.9. The molecule has 6 nitrogen and oxygen atoms in total. The van der Waals surface area contributed by atoms with Crippen LogP contribution in [-0.2, 0) is 3.79 Å². The van der Waals surface area contributed by atoms with Crippen LogP contribution in [0.25, 0.3) is 0 Å². The molecule has 0 spiro atoms. The van der Waals surface area contributed by atoms with Gasteiger partial charge in [0.05, 0.1) is 13.2 Å². The molecular formula is C14H16Cl3N5O. The van der Waals surface area contributed by atoms with Gasteiger partial charge in [0.2, 0.25) is 15.7 Å². The second kappa shape index (κ2) is 6.95. The zero-order chi connectivity index (χ0) is 17.2. The molecule has 9 heteroatoms. The van der Waals surface area contributed by atoms with E-state index < -0.39 is 3.79 Å². The maximum atomic E-state index is 5.79. The number of hydrogen-bond donors (Lipinski definition) is 2. The lowest BCUT2D eigenvalue weighted by atomic mass is 10.1. The molecule has 0 amide bonds. The average Bonchev–Trinajstić information content (AvgIpc) is 2.46. The van der Waals surface area contributed by atoms with Gasteiger partial charge in [0.1, 0.15) is 5.75 Å². The van der Waals surface area contributed by atoms with Crippen molar-refractivity contribution in [2.24, 2.45) is 0 Å². The Morgan fingerprint density at radius 3 is 2.52 bits per heavy atom. The largest absolute Gasteiger partial charge is 0.496 e. The van der Waals surface area contributed by atoms with Crippen LogP contribution >= 0.6 is 34.8 Å². The lowest BCUT2D eigenvalue weighted by Crippen LogP contribution is -2.16. The van der Waals surface area contributed by atoms with E-state index in [9.17, 15) is 0 Å². The molecule has 0 radical (unpaired) electrons. The molecule has 3 N–H and O–H groups in total. The van der Waals surface area contributed by atoms with Gasteiger partial charge < -0.3 is 15.8 Å². The van der Waals surface area contributed by atoms with Gasteiger partial charge in [0.15, 0.2) is 5.82 Å². The molecule has 1 atom stereocenters. The van der Waals surface area contributed by atoms with Crippen molar-refractivity contribution in [3.8, 4) is 5.75 Å². The van der Waals surface area contributed by atoms with Crippen LogP contribution in [0.5, 0.6) is 5.75 Å². The third-order valence-corrected chi connectivity index (χ3v) is 3.69. The van der Waals surface area contributed by atoms with Crippen molar-refractivity contribution in [2.75, 3.05) is 18.2 Å². The van der Waals surface area contributed by atoms with Crippen molar-refractivity contribution in [1.82, 2.24) is 15.0 Å². The van der Waals surface area contributed by atoms with Gasteiger partial charge >= 0.3 is 0 Å². The SMILES string of the molecule is COc1cc(C(C)Nc2nc(N)nc(C(Cl)(Cl)Cl)n2)ccc1C. The van der Waals surface area contributed by atoms with E-state index in [4.69, 9.17) is 45.3 Å². The number of nitrogens with zero attached hydrogens (tertiary/aromatic N) is 3. The van der Waals surface area contributed by atoms with E-state index in [2.05, 4.69) is 20.3 Å². The zero-order valence-electron chi connectivity index (χ0n) is 12.8. The molecule has 0 saturated carbocycles. The highest BCUT2D eigenvalue weighted by atomic mass is 35.6. The highest BCUT2D eigenvalue weighted by Gasteiger charge is 2.28. The number of nitrogens with one attached hydrogen (secondary N) is 1. The van der Waals surface area contributed by atoms with Crippen LogP contribution in [-0.4, -0.2) is 22.1 Å². The fraction of sp³-hybridized carbons (Fsp3) is 0.357. The molecule has 0 saturated heterocycles. The Balaban J connectivity index is 2.26. The molecule has 124 valence electrons. The van der Waals surface area contributed by atoms with Crippen molar-refractivity contribution in [3.63, 3.8) is 0 Å². The molecule has 23 heavy (non-hydrogen) atoms. The number of nitrogen functional groups attached to an aromatic ring is 1. The van der Waals surface area contributed by atoms with Gasteiger partial charge in [-0.15, -0.1) is 0 Å². The molecule has 0 aliphatic heterocycles. The standard InChI is InChI=1S/C14H16Cl3N5O/c1-7-4-5-9(6-10(7)23-3)8(2)19-13-21-11(14(15,16)17)20-12(18)22-13/h4-6,8H,1-3H3,(H3,18,19,20,21,22). The Kier molecular flexibility index (Phi) is 5.39. The summed E-state index contributed by atoms with van der Waals surface area (Å²) in [7, 11) is 1.63. The first-order chi connectivity index (χ1) is 10.7. The van der Waals surface area contributed by atoms with Crippen LogP contribution in [0.4, 0.5) is 11.9 Å². The van der Waals surface area contributed by atoms with Gasteiger partial charge in [0, 0.05) is 0 Å². The number of alkyl halides is 3. The minimum absolute atomic E-state index is 0.0301. The minimum Gasteiger partial charge on any atom is -0.496 e. The first-order valence-electron chi connectivity index (χ1n) is 6.70. The smallest absolute Gasteiger partial charge is 0.250 e. The highest BCUT2D eigenvalue weighted by molar-refractivity contribution is 6.66. The molecule has 0 fully saturated rings. The Morgan fingerprint density at radius 2 is 1.91 bits per heavy atom. The summed E-state index contributed by atoms with van der Waals surface area (Å²) >= 11 is 17.4. The summed E-state index contributed by atoms with van der Waals surface area (Å²) in [6.45, 7) is 3.92. The number of halogens is 3. The number of nitrogens with two attached hydrogens (primary N) is 1. The van der Waals surface area contributed by atoms with Gasteiger partial charge in [0.25, 0.3) is 0 Å². The second-order valence-corrected chi connectivity index (χ2v) is 7.21. The van der Waals surface area contributed by atoms with Crippen LogP contribution < -0.4 is 15.8 Å². The minimum atomic E-state index is -1.77. The Bertz CT molecular complexity index is 705. The molecule has 2 rings (SSSR count). The predicted molar refractivity (Wildman–Crippen MR) is 93.2 cm³/mol. The summed E-state index contributed by atoms with van der Waals surface area (Å²) in [5.41, 5.74) is 7.67. The lowest BCUT2D eigenvalue weighted by molar-refractivity contribution is 0.411. The maximum absolute atomic E-state index is 5.79. The van der Waals surface area contributed by atoms with Crippen molar-refractivity contribution in [2.45, 2.75) is 23.7 Å². The van der Waals surface area contributed by atoms with Gasteiger partial charge in [-0.1, -0.05) is 46.9 Å². The first kappa shape index (κ1) is 17.8. The van der Waals surface area contributed by atoms with Crippen molar-refractivity contribution >= 4 is 46.7 Å². The molecule has 1 aromatic carbocycles. The summed E-state index contributed by atoms with van der Waals surface area (Å²) in [5, 5.41) is 3.11. The first-order valence-corrected chi connectivity index (χ1v) is 7.84. The van der Waals surface area contributed by atoms with E-state index in [0.29, 0.717) is 0 Å². The Labute approximate surface area is 149 Å². The van der Waals surface area contributed by atoms with Gasteiger partial charge in [-0.05, 0) is 31.0 Å². The molecule has 0 aliphatic rings. The van der Waals surface area contributed by atoms with Crippen molar-refractivity contribution in [1.29, 1.82) is 0 Å². The lowest BCUT2D eigenvalue weighted by Gasteiger charge is -2.17. The zero-order valence-corrected chi connectivity index (χ0v) is 15.0. The highest BCUT2D eigenvalue weighted by Crippen LogP contribution is 2.36. The quantitative estimate of drug-likeness (QED) is 0.790. The van der Waals surface area contributed by atoms with Crippen molar-refractivity contribution < 1.29 is 4.74 Å². The number of rotatable bonds is 4. The molecule has 1 heterocycles. The Morgan fingerprint density at radius 1 is 1.22 bits per heavy atom. The maximum Gasteiger partial charge on any atom is 0.250 e. The molecule has 1 aromatic heterocycles. The monoisotopic (exact) mass is 375 g/mol. The number of ether oxygens (including phenoxy) is 1. The van der Waals surface area contributed by atoms with E-state index in [1.165, 1.54) is 0 Å². The van der Waals surface area contributed by atoms with Crippen LogP contribution in [0.1, 0.15) is 29.9 Å². The van der Waals surface area contributed by atoms with Gasteiger partial charge in [-0.3, -0.25) is 0 Å². The predicted octanol–water partition coefficient (Wildman–Crippen LogP) is 3.77. The topological polar surface area (TPSA) is 86.0 Å². The molecule has 0 aliphatic carbocycles. The number of aryl methyl sites for hydroxylation is 1. The normalized spacial score (nSPS) is 12.8. The van der Waals surface area contributed by atoms with Crippen LogP contribution in [0.2, 0.25) is 0 Å². The third kappa shape index (κ3) is 4.50. The molecule has 1 unspecified atom stereocenters. The number of methoxy groups -OCH3 is 1. The van der Waals surface area contributed by atoms with Crippen LogP contribution in [0, 0.1) is 6.92 Å². The summed E-state index contributed by atoms with van der Waals surface area (Å²) in [6, 6.07) is 5.78. The van der Waals surface area contributed by atoms with Crippen LogP contribution in [0.15, 0.2) is 18.2 Å². The number of hydrogen-bond acceptors (Lipinski definition) is 6. The molecule has 2 aromatic rings. The fourth-order valence-electron chi connectivity index (χ4n) is 1.97. The molecule has 0 bridgehead atoms. The number of benzene rings is 1. The molecular weight excluding hydrogens is 361 g/mol. The number of aromatic nitrogens is 3. The van der Waals surface area contributed by atoms with E-state index in [1.807, 2.05) is 32.0 Å². The summed E-state index contributed by atoms with van der Waals surface area (Å²) < 4.78 is 3.55. The van der Waals surface area contributed by atoms with E-state index >= 15 is 0 Å². The van der Waals surface area contributed by atoms with E-state index in [0.717, 1.165) is 16.9 Å². The van der Waals surface area contributed by atoms with Gasteiger partial charge in [-0.2, -0.15) is 15.0 Å². The van der Waals surface area contributed by atoms with Gasteiger partial charge in [-0.25, -0.2) is 0 Å². The average molecular weight is 377 g/mol. The second-order valence-electron chi connectivity index (χ2n) is 4.93. The third-order valence-electron chi connectivity index (χ3n) is 3.18. The van der Waals surface area contributed by atoms with E-state index in [-0.39, 0.29) is 23.8 Å². The number of anilines is 2. The summed E-state index contributed by atoms with van der Waals surface area (Å²) in [6.07, 6.45) is 0. The van der Waals surface area contributed by atoms with Crippen LogP contribution in [0.3, 0.4) is 0 Å². The van der Waals surface area contributed by atoms with E-state index in [1.54, 1.807) is 7.11 Å².